The zero-order valence-electron chi connectivity index (χ0n) is 23.3. The van der Waals surface area contributed by atoms with Crippen molar-refractivity contribution in [3.05, 3.63) is 36.0 Å². The highest BCUT2D eigenvalue weighted by Crippen LogP contribution is 2.31. The lowest BCUT2D eigenvalue weighted by molar-refractivity contribution is -0.122. The second-order valence-corrected chi connectivity index (χ2v) is 11.5. The Morgan fingerprint density at radius 1 is 1.02 bits per heavy atom. The number of ether oxygens (including phenoxy) is 1. The van der Waals surface area contributed by atoms with Gasteiger partial charge in [-0.3, -0.25) is 19.4 Å². The Hall–Kier alpha value is -3.24. The molecule has 3 saturated heterocycles. The molecule has 1 aromatic heterocycles. The van der Waals surface area contributed by atoms with E-state index in [1.165, 1.54) is 18.5 Å². The van der Waals surface area contributed by atoms with Gasteiger partial charge in [0.25, 0.3) is 0 Å². The number of hydrogen-bond acceptors (Lipinski definition) is 8. The normalized spacial score (nSPS) is 22.9. The number of anilines is 4. The van der Waals surface area contributed by atoms with Crippen molar-refractivity contribution in [1.29, 1.82) is 0 Å². The van der Waals surface area contributed by atoms with E-state index in [-0.39, 0.29) is 17.9 Å². The van der Waals surface area contributed by atoms with E-state index in [2.05, 4.69) is 49.7 Å². The summed E-state index contributed by atoms with van der Waals surface area (Å²) in [5, 5.41) is 6.25. The summed E-state index contributed by atoms with van der Waals surface area (Å²) in [6.07, 6.45) is 10.5. The first-order valence-electron chi connectivity index (χ1n) is 15.0. The number of carbonyl (C=O) groups is 2. The van der Waals surface area contributed by atoms with E-state index in [1.54, 1.807) is 11.1 Å². The molecule has 3 aliphatic heterocycles. The largest absolute Gasteiger partial charge is 0.379 e. The van der Waals surface area contributed by atoms with Crippen LogP contribution in [0.3, 0.4) is 0 Å². The van der Waals surface area contributed by atoms with E-state index in [0.717, 1.165) is 89.2 Å². The summed E-state index contributed by atoms with van der Waals surface area (Å²) in [6.45, 7) is 6.63. The lowest BCUT2D eigenvalue weighted by atomic mass is 9.99. The minimum Gasteiger partial charge on any atom is -0.379 e. The minimum absolute atomic E-state index is 0.0667. The molecule has 4 heterocycles. The van der Waals surface area contributed by atoms with Crippen molar-refractivity contribution < 1.29 is 14.3 Å². The summed E-state index contributed by atoms with van der Waals surface area (Å²) < 4.78 is 5.52. The SMILES string of the molecule is O=CN(c1nc(Nc2ccc(N3CCC(N4CCOCC4)CC3)cc2)ncc1C[C@@H]1CCNC1=O)C1CCCC1. The number of nitrogens with one attached hydrogen (secondary N) is 2. The molecule has 4 fully saturated rings. The number of rotatable bonds is 9. The summed E-state index contributed by atoms with van der Waals surface area (Å²) in [6, 6.07) is 9.25. The second-order valence-electron chi connectivity index (χ2n) is 11.5. The Bertz CT molecular complexity index is 1160. The van der Waals surface area contributed by atoms with Crippen molar-refractivity contribution in [2.75, 3.05) is 61.1 Å². The molecular weight excluding hydrogens is 506 g/mol. The highest BCUT2D eigenvalue weighted by Gasteiger charge is 2.30. The average molecular weight is 548 g/mol. The average Bonchev–Trinajstić information content (AvgIpc) is 3.68. The van der Waals surface area contributed by atoms with Gasteiger partial charge in [0.1, 0.15) is 5.82 Å². The Labute approximate surface area is 236 Å². The van der Waals surface area contributed by atoms with Crippen LogP contribution in [-0.4, -0.2) is 85.2 Å². The fourth-order valence-electron chi connectivity index (χ4n) is 6.74. The van der Waals surface area contributed by atoms with Crippen LogP contribution in [0.25, 0.3) is 0 Å². The van der Waals surface area contributed by atoms with Gasteiger partial charge in [0, 0.05) is 73.9 Å². The van der Waals surface area contributed by atoms with Crippen LogP contribution >= 0.6 is 0 Å². The van der Waals surface area contributed by atoms with Gasteiger partial charge < -0.3 is 20.3 Å². The zero-order chi connectivity index (χ0) is 27.3. The molecule has 0 unspecified atom stereocenters. The van der Waals surface area contributed by atoms with Gasteiger partial charge in [0.2, 0.25) is 18.3 Å². The van der Waals surface area contributed by atoms with Gasteiger partial charge in [0.05, 0.1) is 13.2 Å². The van der Waals surface area contributed by atoms with E-state index < -0.39 is 0 Å². The third kappa shape index (κ3) is 6.07. The van der Waals surface area contributed by atoms with Gasteiger partial charge in [-0.25, -0.2) is 4.98 Å². The first-order chi connectivity index (χ1) is 19.7. The number of benzene rings is 1. The number of aromatic nitrogens is 2. The van der Waals surface area contributed by atoms with Gasteiger partial charge in [-0.05, 0) is 62.8 Å². The molecule has 2 amide bonds. The van der Waals surface area contributed by atoms with Crippen molar-refractivity contribution in [1.82, 2.24) is 20.2 Å². The van der Waals surface area contributed by atoms with Crippen molar-refractivity contribution in [2.24, 2.45) is 5.92 Å². The summed E-state index contributed by atoms with van der Waals surface area (Å²) >= 11 is 0. The van der Waals surface area contributed by atoms with Gasteiger partial charge in [-0.15, -0.1) is 0 Å². The fourth-order valence-corrected chi connectivity index (χ4v) is 6.74. The maximum atomic E-state index is 12.3. The minimum atomic E-state index is -0.107. The Balaban J connectivity index is 1.13. The maximum absolute atomic E-state index is 12.3. The molecule has 0 radical (unpaired) electrons. The zero-order valence-corrected chi connectivity index (χ0v) is 23.3. The van der Waals surface area contributed by atoms with E-state index in [1.807, 2.05) is 0 Å². The molecule has 1 aromatic carbocycles. The highest BCUT2D eigenvalue weighted by atomic mass is 16.5. The third-order valence-corrected chi connectivity index (χ3v) is 9.06. The molecule has 1 atom stereocenters. The molecular formula is C30H41N7O3. The fraction of sp³-hybridized carbons (Fsp3) is 0.600. The number of nitrogens with zero attached hydrogens (tertiary/aromatic N) is 5. The molecule has 1 aliphatic carbocycles. The van der Waals surface area contributed by atoms with Crippen molar-refractivity contribution in [3.63, 3.8) is 0 Å². The van der Waals surface area contributed by atoms with E-state index in [0.29, 0.717) is 30.8 Å². The summed E-state index contributed by atoms with van der Waals surface area (Å²) in [7, 11) is 0. The van der Waals surface area contributed by atoms with Gasteiger partial charge in [0.15, 0.2) is 0 Å². The third-order valence-electron chi connectivity index (χ3n) is 9.06. The summed E-state index contributed by atoms with van der Waals surface area (Å²) in [5.41, 5.74) is 2.98. The number of amides is 2. The van der Waals surface area contributed by atoms with Crippen LogP contribution < -0.4 is 20.4 Å². The van der Waals surface area contributed by atoms with Crippen LogP contribution in [-0.2, 0) is 20.7 Å². The first-order valence-corrected chi connectivity index (χ1v) is 15.0. The van der Waals surface area contributed by atoms with Gasteiger partial charge >= 0.3 is 0 Å². The highest BCUT2D eigenvalue weighted by molar-refractivity contribution is 5.82. The molecule has 1 saturated carbocycles. The predicted molar refractivity (Wildman–Crippen MR) is 155 cm³/mol. The number of piperidine rings is 1. The second kappa shape index (κ2) is 12.5. The molecule has 0 spiro atoms. The topological polar surface area (TPSA) is 103 Å². The van der Waals surface area contributed by atoms with Crippen LogP contribution in [0.4, 0.5) is 23.1 Å². The number of hydrogen-bond donors (Lipinski definition) is 2. The van der Waals surface area contributed by atoms with Crippen LogP contribution in [0.15, 0.2) is 30.5 Å². The monoisotopic (exact) mass is 547 g/mol. The molecule has 10 nitrogen and oxygen atoms in total. The Kier molecular flexibility index (Phi) is 8.43. The van der Waals surface area contributed by atoms with Crippen molar-refractivity contribution in [2.45, 2.75) is 63.5 Å². The summed E-state index contributed by atoms with van der Waals surface area (Å²) in [4.78, 5) is 40.8. The molecule has 40 heavy (non-hydrogen) atoms. The molecule has 2 aromatic rings. The standard InChI is InChI=1S/C30H41N7O3/c38-21-37(27-3-1-2-4-27)28-23(19-22-9-12-31-29(22)39)20-32-30(34-28)33-24-5-7-25(8-6-24)35-13-10-26(11-14-35)36-15-17-40-18-16-36/h5-8,20-22,26-27H,1-4,9-19H2,(H,31,39)(H,32,33,34)/t22-/m0/s1. The molecule has 4 aliphatic rings. The number of morpholine rings is 1. The lowest BCUT2D eigenvalue weighted by Crippen LogP contribution is -2.49. The number of carbonyl (C=O) groups excluding carboxylic acids is 2. The van der Waals surface area contributed by atoms with E-state index in [4.69, 9.17) is 9.72 Å². The van der Waals surface area contributed by atoms with Crippen molar-refractivity contribution >= 4 is 35.5 Å². The predicted octanol–water partition coefficient (Wildman–Crippen LogP) is 3.11. The molecule has 6 rings (SSSR count). The molecule has 2 N–H and O–H groups in total. The van der Waals surface area contributed by atoms with Gasteiger partial charge in [-0.2, -0.15) is 4.98 Å². The Morgan fingerprint density at radius 2 is 1.77 bits per heavy atom. The van der Waals surface area contributed by atoms with Crippen LogP contribution in [0.1, 0.15) is 50.5 Å². The van der Waals surface area contributed by atoms with Crippen LogP contribution in [0.5, 0.6) is 0 Å². The summed E-state index contributed by atoms with van der Waals surface area (Å²) in [5.74, 6) is 1.04. The van der Waals surface area contributed by atoms with E-state index in [9.17, 15) is 9.59 Å². The van der Waals surface area contributed by atoms with E-state index >= 15 is 0 Å². The maximum Gasteiger partial charge on any atom is 0.229 e. The van der Waals surface area contributed by atoms with Gasteiger partial charge in [-0.1, -0.05) is 12.8 Å². The smallest absolute Gasteiger partial charge is 0.229 e. The molecule has 10 heteroatoms. The Morgan fingerprint density at radius 3 is 2.45 bits per heavy atom. The van der Waals surface area contributed by atoms with Crippen molar-refractivity contribution in [3.8, 4) is 0 Å². The van der Waals surface area contributed by atoms with Crippen LogP contribution in [0, 0.1) is 5.92 Å². The van der Waals surface area contributed by atoms with Crippen LogP contribution in [0.2, 0.25) is 0 Å². The first kappa shape index (κ1) is 27.0. The molecule has 0 bridgehead atoms. The lowest BCUT2D eigenvalue weighted by Gasteiger charge is -2.40. The quantitative estimate of drug-likeness (QED) is 0.462. The molecule has 214 valence electrons.